The molecule has 1 aromatic rings. The van der Waals surface area contributed by atoms with E-state index < -0.39 is 0 Å². The topological polar surface area (TPSA) is 26.3 Å². The van der Waals surface area contributed by atoms with Crippen LogP contribution in [0.4, 0.5) is 0 Å². The van der Waals surface area contributed by atoms with E-state index >= 15 is 0 Å². The lowest BCUT2D eigenvalue weighted by Crippen LogP contribution is -1.99. The number of esters is 1. The van der Waals surface area contributed by atoms with Gasteiger partial charge in [-0.3, -0.25) is 0 Å². The van der Waals surface area contributed by atoms with Crippen molar-refractivity contribution in [3.05, 3.63) is 47.5 Å². The zero-order chi connectivity index (χ0) is 9.97. The van der Waals surface area contributed by atoms with Crippen LogP contribution in [-0.2, 0) is 9.53 Å². The number of rotatable bonds is 2. The molecule has 0 amide bonds. The molecule has 0 fully saturated rings. The molecule has 0 saturated carbocycles. The van der Waals surface area contributed by atoms with E-state index in [2.05, 4.69) is 19.1 Å². The first-order valence-electron chi connectivity index (χ1n) is 4.69. The van der Waals surface area contributed by atoms with Crippen molar-refractivity contribution in [1.82, 2.24) is 0 Å². The molecule has 1 atom stereocenters. The van der Waals surface area contributed by atoms with Crippen molar-refractivity contribution >= 4 is 5.97 Å². The highest BCUT2D eigenvalue weighted by Gasteiger charge is 2.19. The minimum atomic E-state index is -0.220. The summed E-state index contributed by atoms with van der Waals surface area (Å²) < 4.78 is 4.88. The molecule has 0 aliphatic carbocycles. The fraction of sp³-hybridized carbons (Fsp3) is 0.250. The molecule has 0 spiro atoms. The fourth-order valence-corrected chi connectivity index (χ4v) is 1.59. The molecule has 0 bridgehead atoms. The molecule has 72 valence electrons. The number of carbonyl (C=O) groups is 1. The fourth-order valence-electron chi connectivity index (χ4n) is 1.59. The Bertz CT molecular complexity index is 365. The van der Waals surface area contributed by atoms with Crippen molar-refractivity contribution in [2.24, 2.45) is 0 Å². The first-order chi connectivity index (χ1) is 6.77. The largest absolute Gasteiger partial charge is 0.458 e. The van der Waals surface area contributed by atoms with Crippen LogP contribution in [0.15, 0.2) is 42.0 Å². The van der Waals surface area contributed by atoms with E-state index in [1.807, 2.05) is 18.2 Å². The van der Waals surface area contributed by atoms with Gasteiger partial charge in [-0.2, -0.15) is 0 Å². The summed E-state index contributed by atoms with van der Waals surface area (Å²) in [5.74, 6) is 0.0467. The Labute approximate surface area is 83.2 Å². The van der Waals surface area contributed by atoms with Crippen molar-refractivity contribution in [2.75, 3.05) is 6.61 Å². The van der Waals surface area contributed by atoms with Gasteiger partial charge >= 0.3 is 5.97 Å². The second kappa shape index (κ2) is 3.66. The molecule has 0 radical (unpaired) electrons. The summed E-state index contributed by atoms with van der Waals surface area (Å²) in [4.78, 5) is 10.9. The van der Waals surface area contributed by atoms with E-state index in [9.17, 15) is 4.79 Å². The van der Waals surface area contributed by atoms with E-state index in [0.717, 1.165) is 5.57 Å². The number of carbonyl (C=O) groups excluding carboxylic acids is 1. The maximum atomic E-state index is 10.9. The molecule has 1 aliphatic heterocycles. The van der Waals surface area contributed by atoms with Crippen LogP contribution >= 0.6 is 0 Å². The zero-order valence-electron chi connectivity index (χ0n) is 8.07. The first-order valence-corrected chi connectivity index (χ1v) is 4.69. The molecular formula is C12H12O2. The predicted molar refractivity (Wildman–Crippen MR) is 53.9 cm³/mol. The van der Waals surface area contributed by atoms with Gasteiger partial charge < -0.3 is 4.74 Å². The van der Waals surface area contributed by atoms with Crippen LogP contribution in [-0.4, -0.2) is 12.6 Å². The molecule has 1 aromatic carbocycles. The zero-order valence-corrected chi connectivity index (χ0v) is 8.07. The average Bonchev–Trinajstić information content (AvgIpc) is 2.65. The van der Waals surface area contributed by atoms with Gasteiger partial charge in [-0.25, -0.2) is 4.79 Å². The van der Waals surface area contributed by atoms with Crippen LogP contribution in [0.25, 0.3) is 0 Å². The van der Waals surface area contributed by atoms with E-state index in [0.29, 0.717) is 6.61 Å². The van der Waals surface area contributed by atoms with Crippen LogP contribution in [0.3, 0.4) is 0 Å². The van der Waals surface area contributed by atoms with Crippen LogP contribution in [0.1, 0.15) is 18.4 Å². The smallest absolute Gasteiger partial charge is 0.331 e. The van der Waals surface area contributed by atoms with Crippen LogP contribution in [0, 0.1) is 0 Å². The van der Waals surface area contributed by atoms with E-state index in [4.69, 9.17) is 4.74 Å². The number of benzene rings is 1. The predicted octanol–water partition coefficient (Wildman–Crippen LogP) is 2.27. The van der Waals surface area contributed by atoms with Gasteiger partial charge in [0.1, 0.15) is 6.61 Å². The minimum Gasteiger partial charge on any atom is -0.458 e. The number of hydrogen-bond acceptors (Lipinski definition) is 2. The number of hydrogen-bond donors (Lipinski definition) is 0. The van der Waals surface area contributed by atoms with Gasteiger partial charge in [0.15, 0.2) is 0 Å². The Hall–Kier alpha value is -1.57. The Morgan fingerprint density at radius 3 is 2.57 bits per heavy atom. The minimum absolute atomic E-state index is 0.220. The van der Waals surface area contributed by atoms with Gasteiger partial charge in [-0.05, 0) is 11.1 Å². The maximum absolute atomic E-state index is 10.9. The summed E-state index contributed by atoms with van der Waals surface area (Å²) in [6.45, 7) is 2.53. The SMILES string of the molecule is CC(C1=CC(=O)OC1)c1ccccc1. The summed E-state index contributed by atoms with van der Waals surface area (Å²) in [5, 5.41) is 0. The maximum Gasteiger partial charge on any atom is 0.331 e. The summed E-state index contributed by atoms with van der Waals surface area (Å²) in [7, 11) is 0. The van der Waals surface area contributed by atoms with Gasteiger partial charge in [-0.1, -0.05) is 37.3 Å². The number of ether oxygens (including phenoxy) is 1. The van der Waals surface area contributed by atoms with Crippen molar-refractivity contribution in [2.45, 2.75) is 12.8 Å². The Morgan fingerprint density at radius 2 is 2.00 bits per heavy atom. The molecule has 0 saturated heterocycles. The van der Waals surface area contributed by atoms with Crippen LogP contribution in [0.5, 0.6) is 0 Å². The molecule has 2 nitrogen and oxygen atoms in total. The van der Waals surface area contributed by atoms with Crippen molar-refractivity contribution < 1.29 is 9.53 Å². The van der Waals surface area contributed by atoms with Gasteiger partial charge in [-0.15, -0.1) is 0 Å². The van der Waals surface area contributed by atoms with Gasteiger partial charge in [0.2, 0.25) is 0 Å². The first kappa shape index (κ1) is 9.00. The lowest BCUT2D eigenvalue weighted by Gasteiger charge is -2.11. The normalized spacial score (nSPS) is 17.5. The highest BCUT2D eigenvalue weighted by atomic mass is 16.5. The number of cyclic esters (lactones) is 1. The van der Waals surface area contributed by atoms with E-state index in [-0.39, 0.29) is 11.9 Å². The van der Waals surface area contributed by atoms with Gasteiger partial charge in [0, 0.05) is 12.0 Å². The van der Waals surface area contributed by atoms with Crippen molar-refractivity contribution in [3.63, 3.8) is 0 Å². The monoisotopic (exact) mass is 188 g/mol. The highest BCUT2D eigenvalue weighted by Crippen LogP contribution is 2.26. The highest BCUT2D eigenvalue weighted by molar-refractivity contribution is 5.85. The average molecular weight is 188 g/mol. The summed E-state index contributed by atoms with van der Waals surface area (Å²) in [6.07, 6.45) is 1.59. The van der Waals surface area contributed by atoms with Crippen molar-refractivity contribution in [3.8, 4) is 0 Å². The third-order valence-corrected chi connectivity index (χ3v) is 2.54. The molecule has 1 heterocycles. The standard InChI is InChI=1S/C12H12O2/c1-9(10-5-3-2-4-6-10)11-7-12(13)14-8-11/h2-7,9H,8H2,1H3. The van der Waals surface area contributed by atoms with E-state index in [1.54, 1.807) is 6.08 Å². The third kappa shape index (κ3) is 1.69. The summed E-state index contributed by atoms with van der Waals surface area (Å²) >= 11 is 0. The molecule has 1 aliphatic rings. The van der Waals surface area contributed by atoms with Crippen LogP contribution < -0.4 is 0 Å². The second-order valence-electron chi connectivity index (χ2n) is 3.46. The quantitative estimate of drug-likeness (QED) is 0.665. The summed E-state index contributed by atoms with van der Waals surface area (Å²) in [6, 6.07) is 10.1. The Balaban J connectivity index is 2.21. The Morgan fingerprint density at radius 1 is 1.29 bits per heavy atom. The Kier molecular flexibility index (Phi) is 2.35. The molecule has 0 aromatic heterocycles. The summed E-state index contributed by atoms with van der Waals surface area (Å²) in [5.41, 5.74) is 2.28. The lowest BCUT2D eigenvalue weighted by atomic mass is 9.94. The van der Waals surface area contributed by atoms with E-state index in [1.165, 1.54) is 5.56 Å². The lowest BCUT2D eigenvalue weighted by molar-refractivity contribution is -0.134. The molecule has 0 N–H and O–H groups in total. The second-order valence-corrected chi connectivity index (χ2v) is 3.46. The molecular weight excluding hydrogens is 176 g/mol. The van der Waals surface area contributed by atoms with Crippen LogP contribution in [0.2, 0.25) is 0 Å². The third-order valence-electron chi connectivity index (χ3n) is 2.54. The van der Waals surface area contributed by atoms with Gasteiger partial charge in [0.05, 0.1) is 0 Å². The molecule has 1 unspecified atom stereocenters. The molecule has 2 heteroatoms. The molecule has 2 rings (SSSR count). The molecule has 14 heavy (non-hydrogen) atoms. The van der Waals surface area contributed by atoms with Crippen molar-refractivity contribution in [1.29, 1.82) is 0 Å². The van der Waals surface area contributed by atoms with Gasteiger partial charge in [0.25, 0.3) is 0 Å².